The predicted octanol–water partition coefficient (Wildman–Crippen LogP) is 5.46. The molecule has 0 amide bonds. The van der Waals surface area contributed by atoms with Crippen LogP contribution in [-0.4, -0.2) is 12.7 Å². The minimum Gasteiger partial charge on any atom is -0.242 e. The lowest BCUT2D eigenvalue weighted by atomic mass is 10.1. The van der Waals surface area contributed by atoms with Crippen molar-refractivity contribution in [1.82, 2.24) is 4.72 Å². The van der Waals surface area contributed by atoms with Gasteiger partial charge in [0.05, 0.1) is 21.8 Å². The summed E-state index contributed by atoms with van der Waals surface area (Å²) in [6.07, 6.45) is 0. The molecular weight excluding hydrogens is 383 g/mol. The number of rotatable bonds is 3. The van der Waals surface area contributed by atoms with E-state index in [-0.39, 0.29) is 0 Å². The van der Waals surface area contributed by atoms with Crippen LogP contribution >= 0.6 is 58.0 Å². The van der Waals surface area contributed by atoms with Crippen molar-refractivity contribution in [3.63, 3.8) is 0 Å². The van der Waals surface area contributed by atoms with Crippen LogP contribution in [0.2, 0.25) is 10.0 Å². The summed E-state index contributed by atoms with van der Waals surface area (Å²) in [6, 6.07) is 4.00. The highest BCUT2D eigenvalue weighted by atomic mass is 35.6. The zero-order valence-corrected chi connectivity index (χ0v) is 15.6. The number of benzene rings is 1. The van der Waals surface area contributed by atoms with Gasteiger partial charge in [-0.1, -0.05) is 64.1 Å². The van der Waals surface area contributed by atoms with Crippen LogP contribution in [0.25, 0.3) is 0 Å². The number of hydrogen-bond acceptors (Lipinski definition) is 1. The molecule has 20 heavy (non-hydrogen) atoms. The second-order valence-electron chi connectivity index (χ2n) is 5.14. The van der Waals surface area contributed by atoms with E-state index in [9.17, 15) is 4.21 Å². The van der Waals surface area contributed by atoms with Crippen molar-refractivity contribution in [2.24, 2.45) is 0 Å². The first-order chi connectivity index (χ1) is 8.93. The maximum Gasteiger partial charge on any atom is 0.210 e. The van der Waals surface area contributed by atoms with Gasteiger partial charge in [0.1, 0.15) is 0 Å². The van der Waals surface area contributed by atoms with E-state index >= 15 is 0 Å². The lowest BCUT2D eigenvalue weighted by Gasteiger charge is -2.29. The molecule has 1 unspecified atom stereocenters. The van der Waals surface area contributed by atoms with Crippen LogP contribution in [0, 0.1) is 0 Å². The smallest absolute Gasteiger partial charge is 0.210 e. The first-order valence-corrected chi connectivity index (χ1v) is 8.66. The Morgan fingerprint density at radius 2 is 1.70 bits per heavy atom. The van der Waals surface area contributed by atoms with Gasteiger partial charge in [-0.3, -0.25) is 0 Å². The maximum atomic E-state index is 12.2. The lowest BCUT2D eigenvalue weighted by molar-refractivity contribution is 0.603. The Balaban J connectivity index is 3.18. The molecule has 0 radical (unpaired) electrons. The van der Waals surface area contributed by atoms with Crippen LogP contribution in [0.15, 0.2) is 18.2 Å². The molecule has 0 saturated carbocycles. The van der Waals surface area contributed by atoms with Crippen LogP contribution in [0.3, 0.4) is 0 Å². The summed E-state index contributed by atoms with van der Waals surface area (Å²) in [6.45, 7) is 5.44. The van der Waals surface area contributed by atoms with Crippen LogP contribution < -0.4 is 4.72 Å². The third kappa shape index (κ3) is 5.20. The van der Waals surface area contributed by atoms with Gasteiger partial charge < -0.3 is 0 Å². The zero-order chi connectivity index (χ0) is 15.7. The summed E-state index contributed by atoms with van der Waals surface area (Å²) < 4.78 is 12.8. The molecule has 2 atom stereocenters. The van der Waals surface area contributed by atoms with Crippen LogP contribution in [0.5, 0.6) is 0 Å². The molecule has 0 saturated heterocycles. The molecule has 0 spiro atoms. The van der Waals surface area contributed by atoms with Gasteiger partial charge in [-0.25, -0.2) is 8.93 Å². The molecule has 0 fully saturated rings. The first-order valence-electron chi connectivity index (χ1n) is 5.62. The monoisotopic (exact) mass is 395 g/mol. The van der Waals surface area contributed by atoms with Crippen molar-refractivity contribution in [3.05, 3.63) is 33.8 Å². The van der Waals surface area contributed by atoms with E-state index in [0.29, 0.717) is 15.6 Å². The highest BCUT2D eigenvalue weighted by Crippen LogP contribution is 2.43. The number of hydrogen-bond donors (Lipinski definition) is 1. The summed E-state index contributed by atoms with van der Waals surface area (Å²) >= 11 is 29.9. The average Bonchev–Trinajstić information content (AvgIpc) is 2.23. The quantitative estimate of drug-likeness (QED) is 0.675. The van der Waals surface area contributed by atoms with Crippen molar-refractivity contribution in [1.29, 1.82) is 0 Å². The van der Waals surface area contributed by atoms with E-state index in [0.717, 1.165) is 0 Å². The van der Waals surface area contributed by atoms with Gasteiger partial charge >= 0.3 is 0 Å². The third-order valence-electron chi connectivity index (χ3n) is 2.38. The fourth-order valence-corrected chi connectivity index (χ4v) is 3.43. The Morgan fingerprint density at radius 1 is 1.15 bits per heavy atom. The molecule has 1 N–H and O–H groups in total. The Kier molecular flexibility index (Phi) is 6.50. The molecule has 0 aliphatic carbocycles. The molecule has 1 rings (SSSR count). The van der Waals surface area contributed by atoms with Gasteiger partial charge in [0.15, 0.2) is 0 Å². The number of halogens is 5. The van der Waals surface area contributed by atoms with Gasteiger partial charge in [-0.15, -0.1) is 0 Å². The van der Waals surface area contributed by atoms with E-state index in [4.69, 9.17) is 58.0 Å². The van der Waals surface area contributed by atoms with Gasteiger partial charge in [0.2, 0.25) is 3.79 Å². The number of nitrogens with one attached hydrogen (secondary N) is 1. The average molecular weight is 398 g/mol. The Labute approximate surface area is 146 Å². The van der Waals surface area contributed by atoms with Crippen LogP contribution in [-0.2, 0) is 11.0 Å². The summed E-state index contributed by atoms with van der Waals surface area (Å²) in [4.78, 5) is 0. The molecule has 0 aliphatic heterocycles. The zero-order valence-electron chi connectivity index (χ0n) is 11.0. The van der Waals surface area contributed by atoms with E-state index in [1.165, 1.54) is 0 Å². The largest absolute Gasteiger partial charge is 0.242 e. The Morgan fingerprint density at radius 3 is 2.10 bits per heavy atom. The predicted molar refractivity (Wildman–Crippen MR) is 90.5 cm³/mol. The van der Waals surface area contributed by atoms with E-state index in [1.54, 1.807) is 18.2 Å². The maximum absolute atomic E-state index is 12.2. The third-order valence-corrected chi connectivity index (χ3v) is 5.16. The van der Waals surface area contributed by atoms with Gasteiger partial charge in [-0.2, -0.15) is 0 Å². The molecule has 1 aromatic carbocycles. The minimum absolute atomic E-state index is 0.340. The lowest BCUT2D eigenvalue weighted by Crippen LogP contribution is -2.40. The Hall–Kier alpha value is 0.780. The summed E-state index contributed by atoms with van der Waals surface area (Å²) in [5.41, 5.74) is 0.522. The van der Waals surface area contributed by atoms with E-state index in [1.807, 2.05) is 20.8 Å². The van der Waals surface area contributed by atoms with Crippen LogP contribution in [0.1, 0.15) is 32.4 Å². The van der Waals surface area contributed by atoms with Crippen LogP contribution in [0.4, 0.5) is 0 Å². The van der Waals surface area contributed by atoms with Crippen molar-refractivity contribution >= 4 is 69.0 Å². The molecular formula is C12H14Cl5NOS. The molecule has 0 aromatic heterocycles. The molecule has 0 heterocycles. The Bertz CT molecular complexity index is 510. The highest BCUT2D eigenvalue weighted by Gasteiger charge is 2.38. The number of alkyl halides is 3. The highest BCUT2D eigenvalue weighted by molar-refractivity contribution is 7.84. The fourth-order valence-electron chi connectivity index (χ4n) is 1.33. The second kappa shape index (κ2) is 6.91. The van der Waals surface area contributed by atoms with Crippen molar-refractivity contribution in [2.45, 2.75) is 35.4 Å². The van der Waals surface area contributed by atoms with E-state index < -0.39 is 25.6 Å². The molecule has 114 valence electrons. The molecule has 0 bridgehead atoms. The van der Waals surface area contributed by atoms with Crippen molar-refractivity contribution in [2.75, 3.05) is 0 Å². The molecule has 1 aromatic rings. The van der Waals surface area contributed by atoms with Gasteiger partial charge in [0.25, 0.3) is 0 Å². The molecule has 2 nitrogen and oxygen atoms in total. The normalized spacial score (nSPS) is 16.0. The van der Waals surface area contributed by atoms with Crippen molar-refractivity contribution in [3.8, 4) is 0 Å². The van der Waals surface area contributed by atoms with Gasteiger partial charge in [0, 0.05) is 10.0 Å². The SMILES string of the molecule is CC(C)(C)S(=O)N[C@@H](c1ccc(Cl)cc1Cl)C(Cl)(Cl)Cl. The van der Waals surface area contributed by atoms with E-state index in [2.05, 4.69) is 4.72 Å². The summed E-state index contributed by atoms with van der Waals surface area (Å²) in [5.74, 6) is 0. The molecule has 8 heteroatoms. The fraction of sp³-hybridized carbons (Fsp3) is 0.500. The second-order valence-corrected chi connectivity index (χ2v) is 10.3. The standard InChI is InChI=1S/C12H14Cl5NOS/c1-11(2,3)20(19)18-10(12(15,16)17)8-5-4-7(13)6-9(8)14/h4-6,10,18H,1-3H3/t10-,20?/m0/s1. The van der Waals surface area contributed by atoms with Gasteiger partial charge in [-0.05, 0) is 38.5 Å². The minimum atomic E-state index is -1.71. The topological polar surface area (TPSA) is 29.1 Å². The summed E-state index contributed by atoms with van der Waals surface area (Å²) in [7, 11) is -1.42. The van der Waals surface area contributed by atoms with Crippen molar-refractivity contribution < 1.29 is 4.21 Å². The summed E-state index contributed by atoms with van der Waals surface area (Å²) in [5, 5.41) is 0.811. The molecule has 0 aliphatic rings. The first kappa shape index (κ1) is 18.8.